The molecule has 6 nitrogen and oxygen atoms in total. The third kappa shape index (κ3) is 4.19. The highest BCUT2D eigenvalue weighted by Crippen LogP contribution is 2.40. The molecular formula is C24H24F2N4O2. The van der Waals surface area contributed by atoms with Crippen molar-refractivity contribution in [2.24, 2.45) is 0 Å². The Morgan fingerprint density at radius 3 is 2.16 bits per heavy atom. The van der Waals surface area contributed by atoms with Gasteiger partial charge in [-0.3, -0.25) is 9.59 Å². The van der Waals surface area contributed by atoms with Gasteiger partial charge < -0.3 is 14.7 Å². The number of fused-ring (bicyclic) bond motifs is 1. The summed E-state index contributed by atoms with van der Waals surface area (Å²) >= 11 is 0. The van der Waals surface area contributed by atoms with Crippen LogP contribution in [-0.2, 0) is 9.59 Å². The maximum Gasteiger partial charge on any atom is 0.223 e. The zero-order valence-electron chi connectivity index (χ0n) is 18.4. The quantitative estimate of drug-likeness (QED) is 0.501. The van der Waals surface area contributed by atoms with Crippen molar-refractivity contribution in [2.75, 3.05) is 30.9 Å². The highest BCUT2D eigenvalue weighted by molar-refractivity contribution is 6.03. The topological polar surface area (TPSA) is 67.6 Å². The Bertz CT molecular complexity index is 1110. The predicted molar refractivity (Wildman–Crippen MR) is 118 cm³/mol. The summed E-state index contributed by atoms with van der Waals surface area (Å²) < 4.78 is 26.7. The van der Waals surface area contributed by atoms with Gasteiger partial charge in [0.2, 0.25) is 5.91 Å². The molecule has 2 aromatic rings. The van der Waals surface area contributed by atoms with E-state index in [2.05, 4.69) is 0 Å². The van der Waals surface area contributed by atoms with Crippen LogP contribution >= 0.6 is 0 Å². The molecule has 0 saturated heterocycles. The highest BCUT2D eigenvalue weighted by atomic mass is 19.2. The second kappa shape index (κ2) is 9.18. The van der Waals surface area contributed by atoms with Crippen LogP contribution in [0.2, 0.25) is 0 Å². The largest absolute Gasteiger partial charge is 0.339 e. The first-order valence-electron chi connectivity index (χ1n) is 10.1. The van der Waals surface area contributed by atoms with Crippen LogP contribution in [-0.4, -0.2) is 37.7 Å². The van der Waals surface area contributed by atoms with Gasteiger partial charge in [0.1, 0.15) is 17.5 Å². The Kier molecular flexibility index (Phi) is 6.58. The molecule has 0 spiro atoms. The molecule has 1 aliphatic heterocycles. The van der Waals surface area contributed by atoms with E-state index in [-0.39, 0.29) is 24.3 Å². The maximum absolute atomic E-state index is 13.5. The minimum Gasteiger partial charge on any atom is -0.339 e. The number of halogens is 2. The van der Waals surface area contributed by atoms with E-state index in [1.54, 1.807) is 30.8 Å². The fourth-order valence-electron chi connectivity index (χ4n) is 3.79. The van der Waals surface area contributed by atoms with Crippen molar-refractivity contribution in [1.29, 1.82) is 5.26 Å². The standard InChI is InChI=1S/C24H24F2N4O2/c1-15(16-9-10-18(25)19(26)13-16)28(2)23(32)12-11-22(31)17(14-27)24-29(3)20-7-5-6-8-21(20)30(24)4/h5-10,13,15H,11-12H2,1-4H3. The lowest BCUT2D eigenvalue weighted by atomic mass is 10.0. The van der Waals surface area contributed by atoms with Gasteiger partial charge in [0, 0.05) is 34.0 Å². The number of hydrogen-bond acceptors (Lipinski definition) is 5. The van der Waals surface area contributed by atoms with Crippen molar-refractivity contribution in [3.05, 3.63) is 71.1 Å². The second-order valence-electron chi connectivity index (χ2n) is 7.69. The Hall–Kier alpha value is -3.73. The molecule has 166 valence electrons. The van der Waals surface area contributed by atoms with E-state index in [1.165, 1.54) is 18.0 Å². The van der Waals surface area contributed by atoms with Crippen molar-refractivity contribution in [1.82, 2.24) is 4.90 Å². The average Bonchev–Trinajstić information content (AvgIpc) is 3.04. The van der Waals surface area contributed by atoms with E-state index in [9.17, 15) is 23.6 Å². The number of anilines is 2. The summed E-state index contributed by atoms with van der Waals surface area (Å²) in [4.78, 5) is 30.4. The fraction of sp³-hybridized carbons (Fsp3) is 0.292. The summed E-state index contributed by atoms with van der Waals surface area (Å²) in [6.07, 6.45) is -0.250. The number of nitriles is 1. The van der Waals surface area contributed by atoms with Gasteiger partial charge in [-0.1, -0.05) is 18.2 Å². The summed E-state index contributed by atoms with van der Waals surface area (Å²) in [5.41, 5.74) is 2.18. The molecule has 0 N–H and O–H groups in total. The number of para-hydroxylation sites is 2. The maximum atomic E-state index is 13.5. The van der Waals surface area contributed by atoms with Gasteiger partial charge in [-0.25, -0.2) is 8.78 Å². The minimum atomic E-state index is -0.985. The molecular weight excluding hydrogens is 414 g/mol. The summed E-state index contributed by atoms with van der Waals surface area (Å²) in [6, 6.07) is 12.5. The minimum absolute atomic E-state index is 0.0182. The monoisotopic (exact) mass is 438 g/mol. The average molecular weight is 438 g/mol. The van der Waals surface area contributed by atoms with Crippen LogP contribution in [0.3, 0.4) is 0 Å². The number of carbonyl (C=O) groups excluding carboxylic acids is 2. The molecule has 1 atom stereocenters. The molecule has 0 saturated carbocycles. The van der Waals surface area contributed by atoms with E-state index >= 15 is 0 Å². The zero-order chi connectivity index (χ0) is 23.6. The Balaban J connectivity index is 1.71. The Morgan fingerprint density at radius 1 is 1.03 bits per heavy atom. The molecule has 0 bridgehead atoms. The van der Waals surface area contributed by atoms with Crippen LogP contribution in [0, 0.1) is 23.0 Å². The van der Waals surface area contributed by atoms with Gasteiger partial charge in [0.25, 0.3) is 0 Å². The predicted octanol–water partition coefficient (Wildman–Crippen LogP) is 4.15. The number of carbonyl (C=O) groups is 2. The molecule has 3 rings (SSSR count). The lowest BCUT2D eigenvalue weighted by Gasteiger charge is -2.25. The van der Waals surface area contributed by atoms with Gasteiger partial charge in [-0.2, -0.15) is 5.26 Å². The number of amides is 1. The van der Waals surface area contributed by atoms with Crippen LogP contribution in [0.25, 0.3) is 0 Å². The number of nitrogens with zero attached hydrogens (tertiary/aromatic N) is 4. The molecule has 1 heterocycles. The lowest BCUT2D eigenvalue weighted by Crippen LogP contribution is -2.30. The number of rotatable bonds is 6. The number of ketones is 1. The van der Waals surface area contributed by atoms with E-state index in [0.717, 1.165) is 23.5 Å². The van der Waals surface area contributed by atoms with Gasteiger partial charge >= 0.3 is 0 Å². The van der Waals surface area contributed by atoms with E-state index < -0.39 is 23.5 Å². The SMILES string of the molecule is CC(c1ccc(F)c(F)c1)N(C)C(=O)CCC(=O)C(C#N)=C1N(C)c2ccccc2N1C. The van der Waals surface area contributed by atoms with E-state index in [0.29, 0.717) is 11.4 Å². The molecule has 8 heteroatoms. The number of benzene rings is 2. The van der Waals surface area contributed by atoms with Gasteiger partial charge in [0.15, 0.2) is 17.4 Å². The number of hydrogen-bond donors (Lipinski definition) is 0. The van der Waals surface area contributed by atoms with Crippen LogP contribution in [0.1, 0.15) is 31.4 Å². The molecule has 0 aliphatic carbocycles. The molecule has 1 aliphatic rings. The van der Waals surface area contributed by atoms with Crippen molar-refractivity contribution in [2.45, 2.75) is 25.8 Å². The summed E-state index contributed by atoms with van der Waals surface area (Å²) in [6.45, 7) is 1.69. The first-order chi connectivity index (χ1) is 15.2. The van der Waals surface area contributed by atoms with Crippen molar-refractivity contribution in [3.63, 3.8) is 0 Å². The first-order valence-corrected chi connectivity index (χ1v) is 10.1. The third-order valence-electron chi connectivity index (χ3n) is 5.82. The summed E-state index contributed by atoms with van der Waals surface area (Å²) in [5.74, 6) is -2.25. The van der Waals surface area contributed by atoms with Gasteiger partial charge in [-0.05, 0) is 36.8 Å². The van der Waals surface area contributed by atoms with Gasteiger partial charge in [-0.15, -0.1) is 0 Å². The molecule has 0 fully saturated rings. The highest BCUT2D eigenvalue weighted by Gasteiger charge is 2.31. The number of allylic oxidation sites excluding steroid dienone is 1. The van der Waals surface area contributed by atoms with Crippen LogP contribution in [0.15, 0.2) is 53.9 Å². The van der Waals surface area contributed by atoms with Crippen LogP contribution in [0.5, 0.6) is 0 Å². The molecule has 32 heavy (non-hydrogen) atoms. The number of Topliss-reactive ketones (excluding diaryl/α,β-unsaturated/α-hetero) is 1. The van der Waals surface area contributed by atoms with E-state index in [4.69, 9.17) is 0 Å². The van der Waals surface area contributed by atoms with Crippen molar-refractivity contribution < 1.29 is 18.4 Å². The molecule has 1 amide bonds. The van der Waals surface area contributed by atoms with Crippen LogP contribution in [0.4, 0.5) is 20.2 Å². The zero-order valence-corrected chi connectivity index (χ0v) is 18.4. The molecule has 2 aromatic carbocycles. The second-order valence-corrected chi connectivity index (χ2v) is 7.69. The normalized spacial score (nSPS) is 13.5. The first kappa shape index (κ1) is 22.9. The molecule has 0 aromatic heterocycles. The summed E-state index contributed by atoms with van der Waals surface area (Å²) in [7, 11) is 5.10. The third-order valence-corrected chi connectivity index (χ3v) is 5.82. The lowest BCUT2D eigenvalue weighted by molar-refractivity contribution is -0.133. The Labute approximate surface area is 185 Å². The van der Waals surface area contributed by atoms with E-state index in [1.807, 2.05) is 30.3 Å². The fourth-order valence-corrected chi connectivity index (χ4v) is 3.79. The van der Waals surface area contributed by atoms with Crippen molar-refractivity contribution >= 4 is 23.1 Å². The summed E-state index contributed by atoms with van der Waals surface area (Å²) in [5, 5.41) is 9.69. The Morgan fingerprint density at radius 2 is 1.62 bits per heavy atom. The van der Waals surface area contributed by atoms with Gasteiger partial charge in [0.05, 0.1) is 17.4 Å². The smallest absolute Gasteiger partial charge is 0.223 e. The molecule has 1 unspecified atom stereocenters. The molecule has 0 radical (unpaired) electrons. The van der Waals surface area contributed by atoms with Crippen LogP contribution < -0.4 is 9.80 Å². The van der Waals surface area contributed by atoms with Crippen molar-refractivity contribution in [3.8, 4) is 6.07 Å².